The third kappa shape index (κ3) is 4.42. The first-order valence-electron chi connectivity index (χ1n) is 9.44. The number of amides is 1. The molecule has 165 valence electrons. The highest BCUT2D eigenvalue weighted by Gasteiger charge is 2.35. The standard InChI is InChI=1S/C21H17F3N5O3/c1-31-29-19(30)14-7-8-16(17-13(14)9-10-32-17)27-20-25-11-15(21(22,23)24)18(28-20)26-12-5-3-2-4-6-12/h2-5,7-8,11H,9-10H2,1H3,(H,29,30)(H2,25,26,27,28). The lowest BCUT2D eigenvalue weighted by molar-refractivity contribution is -0.137. The molecule has 3 aromatic rings. The van der Waals surface area contributed by atoms with Gasteiger partial charge in [0, 0.05) is 35.5 Å². The fraction of sp³-hybridized carbons (Fsp3) is 0.190. The van der Waals surface area contributed by atoms with E-state index in [-0.39, 0.29) is 5.95 Å². The Balaban J connectivity index is 1.67. The van der Waals surface area contributed by atoms with E-state index in [1.165, 1.54) is 7.11 Å². The summed E-state index contributed by atoms with van der Waals surface area (Å²) >= 11 is 0. The highest BCUT2D eigenvalue weighted by atomic mass is 19.4. The van der Waals surface area contributed by atoms with Gasteiger partial charge in [-0.15, -0.1) is 0 Å². The van der Waals surface area contributed by atoms with Crippen molar-refractivity contribution < 1.29 is 27.5 Å². The van der Waals surface area contributed by atoms with Gasteiger partial charge >= 0.3 is 6.18 Å². The number of nitrogens with one attached hydrogen (secondary N) is 3. The summed E-state index contributed by atoms with van der Waals surface area (Å²) in [5, 5.41) is 5.51. The molecule has 1 aliphatic heterocycles. The highest BCUT2D eigenvalue weighted by Crippen LogP contribution is 2.39. The van der Waals surface area contributed by atoms with Gasteiger partial charge in [-0.1, -0.05) is 18.2 Å². The molecule has 0 fully saturated rings. The molecule has 32 heavy (non-hydrogen) atoms. The summed E-state index contributed by atoms with van der Waals surface area (Å²) in [6, 6.07) is 12.4. The number of hydroxylamine groups is 1. The zero-order valence-corrected chi connectivity index (χ0v) is 16.7. The van der Waals surface area contributed by atoms with Gasteiger partial charge in [-0.3, -0.25) is 9.63 Å². The second kappa shape index (κ2) is 8.71. The van der Waals surface area contributed by atoms with E-state index in [9.17, 15) is 18.0 Å². The summed E-state index contributed by atoms with van der Waals surface area (Å²) < 4.78 is 46.0. The fourth-order valence-corrected chi connectivity index (χ4v) is 3.22. The van der Waals surface area contributed by atoms with Crippen LogP contribution in [-0.2, 0) is 17.4 Å². The molecule has 0 saturated heterocycles. The van der Waals surface area contributed by atoms with Gasteiger partial charge in [-0.05, 0) is 18.2 Å². The number of halogens is 3. The number of nitrogens with zero attached hydrogens (tertiary/aromatic N) is 2. The molecule has 0 saturated carbocycles. The molecule has 2 heterocycles. The lowest BCUT2D eigenvalue weighted by Gasteiger charge is -2.16. The van der Waals surface area contributed by atoms with Gasteiger partial charge in [0.1, 0.15) is 17.1 Å². The van der Waals surface area contributed by atoms with E-state index in [0.717, 1.165) is 0 Å². The van der Waals surface area contributed by atoms with Gasteiger partial charge in [0.15, 0.2) is 0 Å². The number of para-hydroxylation sites is 1. The van der Waals surface area contributed by atoms with E-state index in [4.69, 9.17) is 4.74 Å². The van der Waals surface area contributed by atoms with Crippen molar-refractivity contribution in [2.24, 2.45) is 0 Å². The van der Waals surface area contributed by atoms with Crippen molar-refractivity contribution in [3.8, 4) is 5.75 Å². The number of alkyl halides is 3. The molecule has 2 aromatic carbocycles. The number of hydrogen-bond donors (Lipinski definition) is 3. The number of ether oxygens (including phenoxy) is 1. The van der Waals surface area contributed by atoms with Gasteiger partial charge < -0.3 is 15.4 Å². The molecule has 1 amide bonds. The second-order valence-electron chi connectivity index (χ2n) is 6.68. The second-order valence-corrected chi connectivity index (χ2v) is 6.68. The molecule has 1 radical (unpaired) electrons. The number of carbonyl (C=O) groups is 1. The molecule has 1 aliphatic rings. The Bertz CT molecular complexity index is 1140. The first-order valence-corrected chi connectivity index (χ1v) is 9.44. The maximum absolute atomic E-state index is 13.5. The van der Waals surface area contributed by atoms with Crippen molar-refractivity contribution in [3.63, 3.8) is 0 Å². The van der Waals surface area contributed by atoms with E-state index in [2.05, 4.69) is 37.0 Å². The summed E-state index contributed by atoms with van der Waals surface area (Å²) in [6.45, 7) is 0.353. The molecule has 0 aliphatic carbocycles. The predicted molar refractivity (Wildman–Crippen MR) is 109 cm³/mol. The molecule has 0 atom stereocenters. The Hall–Kier alpha value is -3.86. The number of rotatable bonds is 6. The lowest BCUT2D eigenvalue weighted by atomic mass is 10.0. The quantitative estimate of drug-likeness (QED) is 0.495. The molecule has 0 spiro atoms. The van der Waals surface area contributed by atoms with Gasteiger partial charge in [-0.25, -0.2) is 10.5 Å². The fourth-order valence-electron chi connectivity index (χ4n) is 3.22. The van der Waals surface area contributed by atoms with Crippen LogP contribution in [0.5, 0.6) is 5.75 Å². The van der Waals surface area contributed by atoms with Gasteiger partial charge in [0.05, 0.1) is 19.4 Å². The number of hydrogen-bond acceptors (Lipinski definition) is 7. The molecule has 11 heteroatoms. The Labute approximate surface area is 180 Å². The Morgan fingerprint density at radius 2 is 2.06 bits per heavy atom. The summed E-state index contributed by atoms with van der Waals surface area (Å²) in [7, 11) is 1.32. The third-order valence-corrected chi connectivity index (χ3v) is 4.60. The summed E-state index contributed by atoms with van der Waals surface area (Å²) in [4.78, 5) is 24.7. The van der Waals surface area contributed by atoms with E-state index in [0.29, 0.717) is 47.5 Å². The van der Waals surface area contributed by atoms with E-state index >= 15 is 0 Å². The molecule has 1 aromatic heterocycles. The van der Waals surface area contributed by atoms with Crippen LogP contribution in [0.3, 0.4) is 0 Å². The minimum absolute atomic E-state index is 0.0803. The van der Waals surface area contributed by atoms with E-state index in [1.54, 1.807) is 36.4 Å². The van der Waals surface area contributed by atoms with Crippen molar-refractivity contribution in [2.45, 2.75) is 12.6 Å². The average molecular weight is 444 g/mol. The molecule has 0 unspecified atom stereocenters. The zero-order chi connectivity index (χ0) is 22.7. The summed E-state index contributed by atoms with van der Waals surface area (Å²) in [5.74, 6) is -0.533. The van der Waals surface area contributed by atoms with Crippen LogP contribution in [0.25, 0.3) is 0 Å². The minimum Gasteiger partial charge on any atom is -0.491 e. The van der Waals surface area contributed by atoms with Crippen molar-refractivity contribution in [2.75, 3.05) is 24.4 Å². The molecule has 0 bridgehead atoms. The molecular formula is C21H17F3N5O3. The number of benzene rings is 2. The topological polar surface area (TPSA) is 97.4 Å². The van der Waals surface area contributed by atoms with Gasteiger partial charge in [0.25, 0.3) is 5.91 Å². The van der Waals surface area contributed by atoms with E-state index in [1.807, 2.05) is 0 Å². The van der Waals surface area contributed by atoms with Crippen molar-refractivity contribution in [1.82, 2.24) is 15.4 Å². The van der Waals surface area contributed by atoms with Crippen LogP contribution in [0, 0.1) is 6.07 Å². The first-order chi connectivity index (χ1) is 15.4. The monoisotopic (exact) mass is 444 g/mol. The maximum atomic E-state index is 13.5. The highest BCUT2D eigenvalue weighted by molar-refractivity contribution is 5.97. The number of aromatic nitrogens is 2. The molecule has 4 rings (SSSR count). The Kier molecular flexibility index (Phi) is 5.82. The Morgan fingerprint density at radius 1 is 1.22 bits per heavy atom. The van der Waals surface area contributed by atoms with Gasteiger partial charge in [0.2, 0.25) is 5.95 Å². The average Bonchev–Trinajstić information content (AvgIpc) is 3.24. The van der Waals surface area contributed by atoms with Crippen LogP contribution in [0.15, 0.2) is 42.6 Å². The molecular weight excluding hydrogens is 427 g/mol. The van der Waals surface area contributed by atoms with Crippen LogP contribution in [0.2, 0.25) is 0 Å². The molecule has 3 N–H and O–H groups in total. The van der Waals surface area contributed by atoms with Crippen LogP contribution in [0.1, 0.15) is 21.5 Å². The predicted octanol–water partition coefficient (Wildman–Crippen LogP) is 4.01. The van der Waals surface area contributed by atoms with Crippen LogP contribution < -0.4 is 20.9 Å². The maximum Gasteiger partial charge on any atom is 0.421 e. The van der Waals surface area contributed by atoms with Crippen LogP contribution in [-0.4, -0.2) is 29.6 Å². The lowest BCUT2D eigenvalue weighted by Crippen LogP contribution is -2.23. The van der Waals surface area contributed by atoms with Crippen molar-refractivity contribution in [1.29, 1.82) is 0 Å². The number of anilines is 4. The first kappa shape index (κ1) is 21.4. The van der Waals surface area contributed by atoms with Gasteiger partial charge in [-0.2, -0.15) is 18.2 Å². The minimum atomic E-state index is -4.66. The van der Waals surface area contributed by atoms with Crippen LogP contribution in [0.4, 0.5) is 36.3 Å². The summed E-state index contributed by atoms with van der Waals surface area (Å²) in [5.41, 5.74) is 3.00. The third-order valence-electron chi connectivity index (χ3n) is 4.60. The SMILES string of the molecule is CONC(=O)c1ccc(Nc2ncc(C(F)(F)F)c(Nc3[c]cccc3)n2)c2c1CCO2. The summed E-state index contributed by atoms with van der Waals surface area (Å²) in [6.07, 6.45) is -3.47. The van der Waals surface area contributed by atoms with Crippen molar-refractivity contribution in [3.05, 3.63) is 65.4 Å². The zero-order valence-electron chi connectivity index (χ0n) is 16.7. The van der Waals surface area contributed by atoms with Crippen LogP contribution >= 0.6 is 0 Å². The van der Waals surface area contributed by atoms with E-state index < -0.39 is 23.5 Å². The Morgan fingerprint density at radius 3 is 2.78 bits per heavy atom. The number of carbonyl (C=O) groups excluding carboxylic acids is 1. The largest absolute Gasteiger partial charge is 0.491 e. The normalized spacial score (nSPS) is 12.6. The van der Waals surface area contributed by atoms with Crippen molar-refractivity contribution >= 4 is 29.0 Å². The smallest absolute Gasteiger partial charge is 0.421 e. The molecule has 8 nitrogen and oxygen atoms in total. The number of fused-ring (bicyclic) bond motifs is 1.